The molecule has 1 N–H and O–H groups in total. The molecule has 0 atom stereocenters. The molecule has 0 spiro atoms. The van der Waals surface area contributed by atoms with Gasteiger partial charge in [-0.25, -0.2) is 13.1 Å². The minimum Gasteiger partial charge on any atom is -0.263 e. The highest BCUT2D eigenvalue weighted by atomic mass is 32.2. The van der Waals surface area contributed by atoms with Crippen LogP contribution in [0.25, 0.3) is 0 Å². The smallest absolute Gasteiger partial charge is 0.263 e. The van der Waals surface area contributed by atoms with Crippen molar-refractivity contribution in [2.24, 2.45) is 0 Å². The second-order valence-electron chi connectivity index (χ2n) is 2.82. The van der Waals surface area contributed by atoms with Crippen molar-refractivity contribution in [3.8, 4) is 0 Å². The third-order valence-electron chi connectivity index (χ3n) is 0.982. The molecule has 0 aliphatic carbocycles. The fourth-order valence-corrected chi connectivity index (χ4v) is 0.624. The lowest BCUT2D eigenvalue weighted by Gasteiger charge is -2.16. The van der Waals surface area contributed by atoms with Crippen LogP contribution in [0.3, 0.4) is 0 Å². The van der Waals surface area contributed by atoms with Gasteiger partial charge >= 0.3 is 6.41 Å². The van der Waals surface area contributed by atoms with E-state index in [4.69, 9.17) is 0 Å². The Bertz CT molecular complexity index is 212. The number of rotatable bonds is 2. The largest absolute Gasteiger partial charge is 0.323 e. The molecule has 0 saturated carbocycles. The molecule has 0 aromatic heterocycles. The van der Waals surface area contributed by atoms with Crippen molar-refractivity contribution >= 4 is 16.4 Å². The van der Waals surface area contributed by atoms with Gasteiger partial charge in [0, 0.05) is 0 Å². The summed E-state index contributed by atoms with van der Waals surface area (Å²) in [5, 5.41) is 0. The van der Waals surface area contributed by atoms with Crippen LogP contribution in [0.1, 0.15) is 20.8 Å². The van der Waals surface area contributed by atoms with Gasteiger partial charge in [-0.3, -0.25) is 4.79 Å². The predicted octanol–water partition coefficient (Wildman–Crippen LogP) is -0.229. The number of sulfonamides is 1. The lowest BCUT2D eigenvalue weighted by molar-refractivity contribution is 0.535. The summed E-state index contributed by atoms with van der Waals surface area (Å²) in [5.74, 6) is 0. The van der Waals surface area contributed by atoms with Crippen molar-refractivity contribution in [2.75, 3.05) is 0 Å². The average molecular weight is 164 g/mol. The maximum absolute atomic E-state index is 10.9. The van der Waals surface area contributed by atoms with Crippen LogP contribution in [0, 0.1) is 0 Å². The molecule has 0 aromatic rings. The Morgan fingerprint density at radius 1 is 1.30 bits per heavy atom. The minimum atomic E-state index is -3.52. The van der Waals surface area contributed by atoms with E-state index in [2.05, 4.69) is 0 Å². The zero-order valence-corrected chi connectivity index (χ0v) is 6.95. The highest BCUT2D eigenvalue weighted by Gasteiger charge is 2.28. The Kier molecular flexibility index (Phi) is 2.42. The molecule has 0 aliphatic heterocycles. The van der Waals surface area contributed by atoms with Crippen molar-refractivity contribution in [1.29, 1.82) is 0 Å². The van der Waals surface area contributed by atoms with E-state index in [0.717, 1.165) is 6.41 Å². The summed E-state index contributed by atoms with van der Waals surface area (Å²) in [5.41, 5.74) is 0. The summed E-state index contributed by atoms with van der Waals surface area (Å²) in [6.07, 6.45) is 1.13. The van der Waals surface area contributed by atoms with Crippen molar-refractivity contribution < 1.29 is 13.2 Å². The van der Waals surface area contributed by atoms with E-state index >= 15 is 0 Å². The van der Waals surface area contributed by atoms with Gasteiger partial charge in [0.15, 0.2) is 0 Å². The normalized spacial score (nSPS) is 12.7. The van der Waals surface area contributed by atoms with Crippen molar-refractivity contribution in [3.05, 3.63) is 0 Å². The van der Waals surface area contributed by atoms with Gasteiger partial charge in [-0.1, -0.05) is 0 Å². The molecule has 59 valence electrons. The third-order valence-corrected chi connectivity index (χ3v) is 2.95. The van der Waals surface area contributed by atoms with E-state index in [1.54, 1.807) is 4.72 Å². The molecule has 4 nitrogen and oxygen atoms in total. The van der Waals surface area contributed by atoms with Gasteiger partial charge in [0.1, 0.15) is 0 Å². The Hall–Kier alpha value is -0.580. The van der Waals surface area contributed by atoms with Crippen LogP contribution in [0.2, 0.25) is 0 Å². The molecule has 10 heavy (non-hydrogen) atoms. The van der Waals surface area contributed by atoms with E-state index in [1.807, 2.05) is 0 Å². The monoisotopic (exact) mass is 164 g/mol. The van der Waals surface area contributed by atoms with Gasteiger partial charge < -0.3 is 0 Å². The first-order valence-electron chi connectivity index (χ1n) is 2.70. The van der Waals surface area contributed by atoms with E-state index < -0.39 is 14.8 Å². The van der Waals surface area contributed by atoms with Gasteiger partial charge in [0.25, 0.3) is 0 Å². The third kappa shape index (κ3) is 1.98. The topological polar surface area (TPSA) is 63.2 Å². The van der Waals surface area contributed by atoms with Crippen LogP contribution < -0.4 is 4.72 Å². The van der Waals surface area contributed by atoms with E-state index in [-0.39, 0.29) is 0 Å². The molecular weight excluding hydrogens is 154 g/mol. The van der Waals surface area contributed by atoms with Crippen LogP contribution in [0.15, 0.2) is 0 Å². The average Bonchev–Trinajstić information content (AvgIpc) is 1.61. The van der Waals surface area contributed by atoms with E-state index in [0.29, 0.717) is 0 Å². The molecule has 0 bridgehead atoms. The molecule has 1 radical (unpaired) electrons. The molecule has 0 heterocycles. The molecule has 1 amide bonds. The summed E-state index contributed by atoms with van der Waals surface area (Å²) in [4.78, 5) is 9.65. The number of amides is 1. The quantitative estimate of drug-likeness (QED) is 0.573. The van der Waals surface area contributed by atoms with Gasteiger partial charge in [0.2, 0.25) is 10.0 Å². The van der Waals surface area contributed by atoms with Gasteiger partial charge in [0.05, 0.1) is 4.75 Å². The fraction of sp³-hybridized carbons (Fsp3) is 0.800. The van der Waals surface area contributed by atoms with Crippen LogP contribution in [0.4, 0.5) is 0 Å². The predicted molar refractivity (Wildman–Crippen MR) is 37.5 cm³/mol. The molecule has 0 unspecified atom stereocenters. The second-order valence-corrected chi connectivity index (χ2v) is 5.26. The highest BCUT2D eigenvalue weighted by Crippen LogP contribution is 2.11. The molecule has 0 aliphatic rings. The Morgan fingerprint density at radius 3 is 1.80 bits per heavy atom. The highest BCUT2D eigenvalue weighted by molar-refractivity contribution is 7.91. The lowest BCUT2D eigenvalue weighted by Crippen LogP contribution is -2.38. The Labute approximate surface area is 60.7 Å². The van der Waals surface area contributed by atoms with Crippen molar-refractivity contribution in [3.63, 3.8) is 0 Å². The molecule has 0 aromatic carbocycles. The maximum Gasteiger partial charge on any atom is 0.323 e. The van der Waals surface area contributed by atoms with Crippen LogP contribution in [-0.2, 0) is 14.8 Å². The minimum absolute atomic E-state index is 0.954. The van der Waals surface area contributed by atoms with Crippen LogP contribution in [-0.4, -0.2) is 19.6 Å². The number of hydrogen-bond acceptors (Lipinski definition) is 3. The summed E-state index contributed by atoms with van der Waals surface area (Å²) in [6.45, 7) is 4.48. The summed E-state index contributed by atoms with van der Waals surface area (Å²) in [7, 11) is -3.52. The first-order valence-corrected chi connectivity index (χ1v) is 4.18. The molecule has 5 heteroatoms. The standard InChI is InChI=1S/C5H10NO3S/c1-5(2,3)10(8,9)6-4-7/h1-3H3,(H,6,7). The molecular formula is C5H10NO3S. The van der Waals surface area contributed by atoms with Gasteiger partial charge in [-0.2, -0.15) is 0 Å². The molecule has 0 saturated heterocycles. The van der Waals surface area contributed by atoms with Gasteiger partial charge in [-0.15, -0.1) is 0 Å². The van der Waals surface area contributed by atoms with Crippen molar-refractivity contribution in [2.45, 2.75) is 25.5 Å². The van der Waals surface area contributed by atoms with Gasteiger partial charge in [-0.05, 0) is 20.8 Å². The number of nitrogens with one attached hydrogen (secondary N) is 1. The summed E-state index contributed by atoms with van der Waals surface area (Å²) < 4.78 is 22.4. The summed E-state index contributed by atoms with van der Waals surface area (Å²) >= 11 is 0. The fourth-order valence-electron chi connectivity index (χ4n) is 0.208. The van der Waals surface area contributed by atoms with E-state index in [9.17, 15) is 13.2 Å². The molecule has 0 fully saturated rings. The number of carbonyl (C=O) groups excluding carboxylic acids is 1. The number of hydrogen-bond donors (Lipinski definition) is 1. The zero-order valence-electron chi connectivity index (χ0n) is 6.13. The second kappa shape index (κ2) is 2.57. The Morgan fingerprint density at radius 2 is 1.70 bits per heavy atom. The van der Waals surface area contributed by atoms with Crippen molar-refractivity contribution in [1.82, 2.24) is 4.72 Å². The summed E-state index contributed by atoms with van der Waals surface area (Å²) in [6, 6.07) is 0. The van der Waals surface area contributed by atoms with Crippen LogP contribution >= 0.6 is 0 Å². The zero-order chi connectivity index (χ0) is 8.41. The first kappa shape index (κ1) is 9.42. The van der Waals surface area contributed by atoms with Crippen LogP contribution in [0.5, 0.6) is 0 Å². The molecule has 0 rings (SSSR count). The SMILES string of the molecule is CC(C)(C)S(=O)(=O)N[C]=O. The van der Waals surface area contributed by atoms with E-state index in [1.165, 1.54) is 20.8 Å². The lowest BCUT2D eigenvalue weighted by atomic mass is 10.3. The first-order chi connectivity index (χ1) is 4.31. The maximum atomic E-state index is 10.9. The Balaban J connectivity index is 4.59.